The fraction of sp³-hybridized carbons (Fsp3) is 0.462. The van der Waals surface area contributed by atoms with Crippen molar-refractivity contribution in [1.29, 1.82) is 0 Å². The summed E-state index contributed by atoms with van der Waals surface area (Å²) in [6, 6.07) is 8.35. The van der Waals surface area contributed by atoms with E-state index in [0.29, 0.717) is 24.5 Å². The highest BCUT2D eigenvalue weighted by molar-refractivity contribution is 7.92. The molecule has 6 heteroatoms. The number of nitrogens with zero attached hydrogens (tertiary/aromatic N) is 1. The maximum absolute atomic E-state index is 12.4. The third kappa shape index (κ3) is 2.89. The summed E-state index contributed by atoms with van der Waals surface area (Å²) in [4.78, 5) is 13.3. The maximum Gasteiger partial charge on any atom is 0.409 e. The van der Waals surface area contributed by atoms with Gasteiger partial charge in [0.15, 0.2) is 9.84 Å². The van der Waals surface area contributed by atoms with Crippen LogP contribution < -0.4 is 0 Å². The zero-order valence-corrected chi connectivity index (χ0v) is 11.6. The van der Waals surface area contributed by atoms with Crippen molar-refractivity contribution in [2.45, 2.75) is 23.5 Å². The molecule has 1 heterocycles. The van der Waals surface area contributed by atoms with Crippen LogP contribution in [-0.2, 0) is 14.6 Å². The zero-order chi connectivity index (χ0) is 13.9. The first-order valence-corrected chi connectivity index (χ1v) is 7.81. The molecule has 1 aliphatic rings. The van der Waals surface area contributed by atoms with Gasteiger partial charge in [-0.1, -0.05) is 18.2 Å². The summed E-state index contributed by atoms with van der Waals surface area (Å²) in [5, 5.41) is -0.542. The number of likely N-dealkylation sites (tertiary alicyclic amines) is 1. The number of ether oxygens (including phenoxy) is 1. The van der Waals surface area contributed by atoms with E-state index >= 15 is 0 Å². The van der Waals surface area contributed by atoms with Crippen LogP contribution in [0.5, 0.6) is 0 Å². The second-order valence-electron chi connectivity index (χ2n) is 4.41. The number of hydrogen-bond acceptors (Lipinski definition) is 4. The second-order valence-corrected chi connectivity index (χ2v) is 6.64. The molecule has 1 aromatic carbocycles. The Morgan fingerprint density at radius 3 is 2.68 bits per heavy atom. The van der Waals surface area contributed by atoms with Crippen LogP contribution in [0.1, 0.15) is 13.3 Å². The molecule has 0 aromatic heterocycles. The van der Waals surface area contributed by atoms with E-state index in [4.69, 9.17) is 4.74 Å². The summed E-state index contributed by atoms with van der Waals surface area (Å²) >= 11 is 0. The first-order valence-electron chi connectivity index (χ1n) is 6.26. The lowest BCUT2D eigenvalue weighted by molar-refractivity contribution is 0.116. The average molecular weight is 283 g/mol. The van der Waals surface area contributed by atoms with Gasteiger partial charge in [0.2, 0.25) is 0 Å². The van der Waals surface area contributed by atoms with Gasteiger partial charge in [0.1, 0.15) is 0 Å². The molecule has 0 bridgehead atoms. The zero-order valence-electron chi connectivity index (χ0n) is 10.8. The van der Waals surface area contributed by atoms with Crippen molar-refractivity contribution in [2.24, 2.45) is 0 Å². The molecule has 1 atom stereocenters. The Hall–Kier alpha value is -1.56. The van der Waals surface area contributed by atoms with Gasteiger partial charge in [-0.15, -0.1) is 0 Å². The van der Waals surface area contributed by atoms with E-state index in [1.54, 1.807) is 37.3 Å². The molecule has 0 unspecified atom stereocenters. The van der Waals surface area contributed by atoms with Crippen LogP contribution in [0, 0.1) is 0 Å². The lowest BCUT2D eigenvalue weighted by atomic mass is 10.4. The van der Waals surface area contributed by atoms with E-state index in [0.717, 1.165) is 0 Å². The Kier molecular flexibility index (Phi) is 4.09. The van der Waals surface area contributed by atoms with Gasteiger partial charge >= 0.3 is 6.09 Å². The lowest BCUT2D eigenvalue weighted by Crippen LogP contribution is -2.32. The highest BCUT2D eigenvalue weighted by Crippen LogP contribution is 2.24. The lowest BCUT2D eigenvalue weighted by Gasteiger charge is -2.15. The molecule has 2 rings (SSSR count). The SMILES string of the molecule is CCOC(=O)N1CC[C@H](S(=O)(=O)c2ccccc2)C1. The summed E-state index contributed by atoms with van der Waals surface area (Å²) in [6.07, 6.45) is 0.0176. The highest BCUT2D eigenvalue weighted by atomic mass is 32.2. The number of hydrogen-bond donors (Lipinski definition) is 0. The monoisotopic (exact) mass is 283 g/mol. The van der Waals surface area contributed by atoms with E-state index in [1.165, 1.54) is 4.90 Å². The van der Waals surface area contributed by atoms with E-state index in [9.17, 15) is 13.2 Å². The van der Waals surface area contributed by atoms with Crippen molar-refractivity contribution in [3.8, 4) is 0 Å². The Morgan fingerprint density at radius 2 is 2.05 bits per heavy atom. The van der Waals surface area contributed by atoms with Crippen LogP contribution in [-0.4, -0.2) is 44.4 Å². The van der Waals surface area contributed by atoms with Crippen LogP contribution in [0.4, 0.5) is 4.79 Å². The van der Waals surface area contributed by atoms with E-state index in [-0.39, 0.29) is 6.54 Å². The number of carbonyl (C=O) groups is 1. The van der Waals surface area contributed by atoms with E-state index in [2.05, 4.69) is 0 Å². The number of carbonyl (C=O) groups excluding carboxylic acids is 1. The highest BCUT2D eigenvalue weighted by Gasteiger charge is 2.36. The van der Waals surface area contributed by atoms with Crippen molar-refractivity contribution in [2.75, 3.05) is 19.7 Å². The number of amides is 1. The fourth-order valence-corrected chi connectivity index (χ4v) is 3.88. The average Bonchev–Trinajstić information content (AvgIpc) is 2.90. The van der Waals surface area contributed by atoms with Gasteiger partial charge in [0.25, 0.3) is 0 Å². The Bertz CT molecular complexity index is 541. The van der Waals surface area contributed by atoms with Crippen LogP contribution in [0.3, 0.4) is 0 Å². The molecule has 104 valence electrons. The molecule has 1 aromatic rings. The molecule has 1 amide bonds. The first-order chi connectivity index (χ1) is 9.05. The molecule has 0 N–H and O–H groups in total. The molecule has 0 saturated carbocycles. The molecular formula is C13H17NO4S. The summed E-state index contributed by atoms with van der Waals surface area (Å²) in [5.74, 6) is 0. The van der Waals surface area contributed by atoms with Gasteiger partial charge in [0, 0.05) is 13.1 Å². The Morgan fingerprint density at radius 1 is 1.37 bits per heavy atom. The molecular weight excluding hydrogens is 266 g/mol. The smallest absolute Gasteiger partial charge is 0.409 e. The van der Waals surface area contributed by atoms with Gasteiger partial charge < -0.3 is 9.64 Å². The topological polar surface area (TPSA) is 63.7 Å². The quantitative estimate of drug-likeness (QED) is 0.847. The number of sulfone groups is 1. The number of benzene rings is 1. The molecule has 1 saturated heterocycles. The predicted octanol–water partition coefficient (Wildman–Crippen LogP) is 1.69. The Labute approximate surface area is 113 Å². The molecule has 1 fully saturated rings. The van der Waals surface area contributed by atoms with Crippen LogP contribution in [0.2, 0.25) is 0 Å². The fourth-order valence-electron chi connectivity index (χ4n) is 2.16. The van der Waals surface area contributed by atoms with Gasteiger partial charge in [-0.05, 0) is 25.5 Å². The largest absolute Gasteiger partial charge is 0.450 e. The van der Waals surface area contributed by atoms with Crippen molar-refractivity contribution in [3.63, 3.8) is 0 Å². The molecule has 0 radical (unpaired) electrons. The molecule has 5 nitrogen and oxygen atoms in total. The van der Waals surface area contributed by atoms with Crippen LogP contribution >= 0.6 is 0 Å². The van der Waals surface area contributed by atoms with Crippen LogP contribution in [0.15, 0.2) is 35.2 Å². The second kappa shape index (κ2) is 5.61. The predicted molar refractivity (Wildman–Crippen MR) is 70.6 cm³/mol. The minimum atomic E-state index is -3.37. The normalized spacial score (nSPS) is 19.4. The van der Waals surface area contributed by atoms with Gasteiger partial charge in [-0.3, -0.25) is 0 Å². The van der Waals surface area contributed by atoms with Gasteiger partial charge in [-0.25, -0.2) is 13.2 Å². The summed E-state index contributed by atoms with van der Waals surface area (Å²) in [6.45, 7) is 2.66. The standard InChI is InChI=1S/C13H17NO4S/c1-2-18-13(15)14-9-8-12(10-14)19(16,17)11-6-4-3-5-7-11/h3-7,12H,2,8-10H2,1H3/t12-/m0/s1. The minimum absolute atomic E-state index is 0.204. The van der Waals surface area contributed by atoms with Gasteiger partial charge in [0.05, 0.1) is 16.8 Å². The summed E-state index contributed by atoms with van der Waals surface area (Å²) in [7, 11) is -3.37. The molecule has 0 spiro atoms. The van der Waals surface area contributed by atoms with Crippen molar-refractivity contribution < 1.29 is 17.9 Å². The first kappa shape index (κ1) is 13.9. The van der Waals surface area contributed by atoms with Crippen molar-refractivity contribution in [1.82, 2.24) is 4.90 Å². The summed E-state index contributed by atoms with van der Waals surface area (Å²) in [5.41, 5.74) is 0. The third-order valence-electron chi connectivity index (χ3n) is 3.18. The van der Waals surface area contributed by atoms with Crippen molar-refractivity contribution >= 4 is 15.9 Å². The van der Waals surface area contributed by atoms with E-state index < -0.39 is 21.2 Å². The van der Waals surface area contributed by atoms with Crippen molar-refractivity contribution in [3.05, 3.63) is 30.3 Å². The minimum Gasteiger partial charge on any atom is -0.450 e. The molecule has 0 aliphatic carbocycles. The summed E-state index contributed by atoms with van der Waals surface area (Å²) < 4.78 is 29.6. The number of rotatable bonds is 3. The van der Waals surface area contributed by atoms with E-state index in [1.807, 2.05) is 0 Å². The Balaban J connectivity index is 2.11. The molecule has 19 heavy (non-hydrogen) atoms. The third-order valence-corrected chi connectivity index (χ3v) is 5.37. The maximum atomic E-state index is 12.4. The molecule has 1 aliphatic heterocycles. The van der Waals surface area contributed by atoms with Crippen LogP contribution in [0.25, 0.3) is 0 Å². The van der Waals surface area contributed by atoms with Gasteiger partial charge in [-0.2, -0.15) is 0 Å².